The van der Waals surface area contributed by atoms with Gasteiger partial charge in [-0.1, -0.05) is 53.0 Å². The monoisotopic (exact) mass is 423 g/mol. The maximum Gasteiger partial charge on any atom is 0.275 e. The summed E-state index contributed by atoms with van der Waals surface area (Å²) in [5.41, 5.74) is 2.23. The van der Waals surface area contributed by atoms with Crippen LogP contribution in [0.15, 0.2) is 24.3 Å². The molecule has 1 heterocycles. The number of nitrogens with one attached hydrogen (secondary N) is 1. The van der Waals surface area contributed by atoms with Gasteiger partial charge in [-0.05, 0) is 6.07 Å². The van der Waals surface area contributed by atoms with Gasteiger partial charge in [-0.15, -0.1) is 11.3 Å². The highest BCUT2D eigenvalue weighted by Gasteiger charge is 2.24. The number of aliphatic hydroxyl groups excluding tert-OH is 2. The lowest BCUT2D eigenvalue weighted by Gasteiger charge is -2.11. The Bertz CT molecular complexity index is 795. The molecule has 0 saturated heterocycles. The topological polar surface area (TPSA) is 95.9 Å². The lowest BCUT2D eigenvalue weighted by atomic mass is 10.0. The second kappa shape index (κ2) is 8.95. The van der Waals surface area contributed by atoms with Crippen molar-refractivity contribution in [1.82, 2.24) is 5.48 Å². The molecule has 1 amide bonds. The van der Waals surface area contributed by atoms with E-state index >= 15 is 0 Å². The van der Waals surface area contributed by atoms with Gasteiger partial charge in [-0.25, -0.2) is 5.48 Å². The molecule has 25 heavy (non-hydrogen) atoms. The normalized spacial score (nSPS) is 12.0. The summed E-state index contributed by atoms with van der Waals surface area (Å²) in [4.78, 5) is 29.8. The molecular formula is C15H12Cl3NO5S. The van der Waals surface area contributed by atoms with Crippen LogP contribution in [0.1, 0.15) is 25.6 Å². The Morgan fingerprint density at radius 1 is 1.16 bits per heavy atom. The predicted octanol–water partition coefficient (Wildman–Crippen LogP) is 2.95. The highest BCUT2D eigenvalue weighted by molar-refractivity contribution is 7.19. The van der Waals surface area contributed by atoms with E-state index in [-0.39, 0.29) is 37.0 Å². The number of hydroxylamine groups is 1. The highest BCUT2D eigenvalue weighted by Crippen LogP contribution is 2.41. The molecule has 2 rings (SSSR count). The van der Waals surface area contributed by atoms with Gasteiger partial charge in [0.2, 0.25) is 5.78 Å². The summed E-state index contributed by atoms with van der Waals surface area (Å²) in [5.74, 6) is -1.20. The molecule has 1 aromatic heterocycles. The summed E-state index contributed by atoms with van der Waals surface area (Å²) in [6.07, 6.45) is -1.13. The van der Waals surface area contributed by atoms with Crippen LogP contribution in [-0.4, -0.2) is 41.2 Å². The zero-order valence-electron chi connectivity index (χ0n) is 12.5. The Morgan fingerprint density at radius 3 is 2.36 bits per heavy atom. The third-order valence-electron chi connectivity index (χ3n) is 3.03. The van der Waals surface area contributed by atoms with Crippen molar-refractivity contribution in [3.8, 4) is 0 Å². The Balaban J connectivity index is 2.24. The van der Waals surface area contributed by atoms with E-state index in [9.17, 15) is 14.7 Å². The van der Waals surface area contributed by atoms with Crippen LogP contribution in [0.5, 0.6) is 0 Å². The smallest absolute Gasteiger partial charge is 0.275 e. The Labute approximate surface area is 161 Å². The molecule has 10 heteroatoms. The molecule has 0 unspecified atom stereocenters. The molecule has 0 fully saturated rings. The molecule has 0 radical (unpaired) electrons. The lowest BCUT2D eigenvalue weighted by Crippen LogP contribution is -2.30. The zero-order chi connectivity index (χ0) is 18.6. The van der Waals surface area contributed by atoms with Gasteiger partial charge in [0.1, 0.15) is 17.0 Å². The number of hydrogen-bond donors (Lipinski definition) is 3. The summed E-state index contributed by atoms with van der Waals surface area (Å²) in [5, 5.41) is 18.0. The van der Waals surface area contributed by atoms with Crippen LogP contribution in [-0.2, 0) is 4.84 Å². The number of aliphatic hydroxyl groups is 2. The number of thiophene rings is 1. The van der Waals surface area contributed by atoms with E-state index in [0.717, 1.165) is 11.3 Å². The Hall–Kier alpha value is -1.19. The van der Waals surface area contributed by atoms with E-state index in [1.165, 1.54) is 12.1 Å². The predicted molar refractivity (Wildman–Crippen MR) is 95.7 cm³/mol. The number of carbonyl (C=O) groups excluding carboxylic acids is 2. The summed E-state index contributed by atoms with van der Waals surface area (Å²) < 4.78 is 0.179. The van der Waals surface area contributed by atoms with Crippen LogP contribution in [0.25, 0.3) is 0 Å². The first-order valence-electron chi connectivity index (χ1n) is 6.84. The SMILES string of the molecule is O=C(NOC[C@H](O)CO)c1ccccc1C(=O)c1sc(Cl)c(Cl)c1Cl. The summed E-state index contributed by atoms with van der Waals surface area (Å²) in [7, 11) is 0. The van der Waals surface area contributed by atoms with Gasteiger partial charge in [-0.2, -0.15) is 0 Å². The minimum atomic E-state index is -1.13. The molecule has 0 bridgehead atoms. The molecular weight excluding hydrogens is 413 g/mol. The van der Waals surface area contributed by atoms with Crippen LogP contribution in [0, 0.1) is 0 Å². The van der Waals surface area contributed by atoms with E-state index in [4.69, 9.17) is 44.7 Å². The quantitative estimate of drug-likeness (QED) is 0.469. The molecule has 6 nitrogen and oxygen atoms in total. The average Bonchev–Trinajstić information content (AvgIpc) is 2.88. The Morgan fingerprint density at radius 2 is 1.80 bits per heavy atom. The van der Waals surface area contributed by atoms with Crippen molar-refractivity contribution in [2.24, 2.45) is 0 Å². The van der Waals surface area contributed by atoms with Gasteiger partial charge >= 0.3 is 0 Å². The first kappa shape index (κ1) is 20.1. The van der Waals surface area contributed by atoms with Crippen LogP contribution in [0.4, 0.5) is 0 Å². The first-order chi connectivity index (χ1) is 11.9. The van der Waals surface area contributed by atoms with Gasteiger partial charge in [0, 0.05) is 5.56 Å². The maximum absolute atomic E-state index is 12.7. The van der Waals surface area contributed by atoms with E-state index in [1.807, 2.05) is 0 Å². The van der Waals surface area contributed by atoms with Crippen LogP contribution in [0.2, 0.25) is 14.4 Å². The maximum atomic E-state index is 12.7. The molecule has 1 atom stereocenters. The van der Waals surface area contributed by atoms with Crippen molar-refractivity contribution >= 4 is 57.8 Å². The van der Waals surface area contributed by atoms with Gasteiger partial charge in [-0.3, -0.25) is 14.4 Å². The number of halogens is 3. The van der Waals surface area contributed by atoms with Gasteiger partial charge < -0.3 is 10.2 Å². The molecule has 0 aliphatic carbocycles. The van der Waals surface area contributed by atoms with E-state index in [2.05, 4.69) is 5.48 Å². The third kappa shape index (κ3) is 4.71. The van der Waals surface area contributed by atoms with Gasteiger partial charge in [0.25, 0.3) is 5.91 Å². The minimum absolute atomic E-state index is 0.0270. The lowest BCUT2D eigenvalue weighted by molar-refractivity contribution is -0.0295. The molecule has 134 valence electrons. The second-order valence-corrected chi connectivity index (χ2v) is 7.16. The number of amides is 1. The highest BCUT2D eigenvalue weighted by atomic mass is 35.5. The molecule has 0 aliphatic rings. The fraction of sp³-hybridized carbons (Fsp3) is 0.200. The number of benzene rings is 1. The van der Waals surface area contributed by atoms with E-state index < -0.39 is 24.4 Å². The molecule has 0 aliphatic heterocycles. The molecule has 2 aromatic rings. The average molecular weight is 425 g/mol. The van der Waals surface area contributed by atoms with Crippen molar-refractivity contribution in [1.29, 1.82) is 0 Å². The molecule has 0 spiro atoms. The number of carbonyl (C=O) groups is 2. The summed E-state index contributed by atoms with van der Waals surface area (Å²) in [6, 6.07) is 6.05. The fourth-order valence-electron chi connectivity index (χ4n) is 1.82. The standard InChI is InChI=1S/C15H12Cl3NO5S/c16-10-11(17)14(18)25-13(10)12(22)8-3-1-2-4-9(8)15(23)19-24-6-7(21)5-20/h1-4,7,20-21H,5-6H2,(H,19,23)/t7-/m1/s1. The molecule has 0 saturated carbocycles. The van der Waals surface area contributed by atoms with E-state index in [0.29, 0.717) is 0 Å². The van der Waals surface area contributed by atoms with Gasteiger partial charge in [0.15, 0.2) is 0 Å². The number of ketones is 1. The first-order valence-corrected chi connectivity index (χ1v) is 8.79. The summed E-state index contributed by atoms with van der Waals surface area (Å²) >= 11 is 18.7. The zero-order valence-corrected chi connectivity index (χ0v) is 15.5. The third-order valence-corrected chi connectivity index (χ3v) is 5.60. The summed E-state index contributed by atoms with van der Waals surface area (Å²) in [6.45, 7) is -0.816. The minimum Gasteiger partial charge on any atom is -0.394 e. The Kier molecular flexibility index (Phi) is 7.21. The van der Waals surface area contributed by atoms with Crippen LogP contribution >= 0.6 is 46.1 Å². The number of hydrogen-bond acceptors (Lipinski definition) is 6. The van der Waals surface area contributed by atoms with Crippen molar-refractivity contribution in [3.63, 3.8) is 0 Å². The van der Waals surface area contributed by atoms with Crippen molar-refractivity contribution in [3.05, 3.63) is 54.7 Å². The van der Waals surface area contributed by atoms with Crippen molar-refractivity contribution in [2.45, 2.75) is 6.10 Å². The fourth-order valence-corrected chi connectivity index (χ4v) is 3.58. The molecule has 3 N–H and O–H groups in total. The van der Waals surface area contributed by atoms with Crippen molar-refractivity contribution in [2.75, 3.05) is 13.2 Å². The van der Waals surface area contributed by atoms with Crippen molar-refractivity contribution < 1.29 is 24.6 Å². The van der Waals surface area contributed by atoms with E-state index in [1.54, 1.807) is 12.1 Å². The largest absolute Gasteiger partial charge is 0.394 e. The van der Waals surface area contributed by atoms with Crippen LogP contribution in [0.3, 0.4) is 0 Å². The molecule has 1 aromatic carbocycles. The van der Waals surface area contributed by atoms with Gasteiger partial charge in [0.05, 0.1) is 27.1 Å². The second-order valence-electron chi connectivity index (χ2n) is 4.79. The number of rotatable bonds is 7. The van der Waals surface area contributed by atoms with Crippen LogP contribution < -0.4 is 5.48 Å².